The fourth-order valence-corrected chi connectivity index (χ4v) is 3.16. The summed E-state index contributed by atoms with van der Waals surface area (Å²) in [6, 6.07) is 3.75. The van der Waals surface area contributed by atoms with Crippen LogP contribution in [0.5, 0.6) is 11.5 Å². The van der Waals surface area contributed by atoms with Crippen LogP contribution in [0, 0.1) is 0 Å². The maximum absolute atomic E-state index is 12.4. The largest absolute Gasteiger partial charge is 0.492 e. The summed E-state index contributed by atoms with van der Waals surface area (Å²) >= 11 is 1.37. The topological polar surface area (TPSA) is 86.5 Å². The highest BCUT2D eigenvalue weighted by molar-refractivity contribution is 7.09. The van der Waals surface area contributed by atoms with Crippen LogP contribution < -0.4 is 20.5 Å². The summed E-state index contributed by atoms with van der Waals surface area (Å²) in [6.07, 6.45) is 0.978. The zero-order valence-corrected chi connectivity index (χ0v) is 15.1. The summed E-state index contributed by atoms with van der Waals surface area (Å²) in [6.45, 7) is 4.77. The van der Waals surface area contributed by atoms with Crippen LogP contribution in [0.25, 0.3) is 0 Å². The monoisotopic (exact) mass is 369 g/mol. The number of hydrogen-bond donors (Lipinski definition) is 2. The van der Waals surface area contributed by atoms with E-state index in [-0.39, 0.29) is 24.4 Å². The van der Waals surface area contributed by atoms with Gasteiger partial charge < -0.3 is 20.5 Å². The lowest BCUT2D eigenvalue weighted by molar-refractivity contribution is 0.102. The molecule has 3 rings (SSSR count). The van der Waals surface area contributed by atoms with E-state index >= 15 is 0 Å². The van der Waals surface area contributed by atoms with Crippen molar-refractivity contribution in [3.05, 3.63) is 33.8 Å². The SMILES string of the molecule is CCOc1cc2c(cc1NC(=O)c1csc(CN)n1)OC(C)C2.Cl. The molecule has 1 aliphatic heterocycles. The van der Waals surface area contributed by atoms with E-state index in [1.165, 1.54) is 11.3 Å². The Labute approximate surface area is 150 Å². The molecule has 1 atom stereocenters. The van der Waals surface area contributed by atoms with Crippen LogP contribution in [0.1, 0.15) is 34.9 Å². The van der Waals surface area contributed by atoms with E-state index < -0.39 is 0 Å². The van der Waals surface area contributed by atoms with Crippen molar-refractivity contribution in [2.24, 2.45) is 5.73 Å². The summed E-state index contributed by atoms with van der Waals surface area (Å²) < 4.78 is 11.4. The van der Waals surface area contributed by atoms with Crippen molar-refractivity contribution in [3.8, 4) is 11.5 Å². The van der Waals surface area contributed by atoms with Crippen LogP contribution in [0.15, 0.2) is 17.5 Å². The van der Waals surface area contributed by atoms with Gasteiger partial charge in [0.2, 0.25) is 0 Å². The number of carbonyl (C=O) groups excluding carboxylic acids is 1. The molecule has 1 aliphatic rings. The molecule has 130 valence electrons. The third-order valence-electron chi connectivity index (χ3n) is 3.51. The Morgan fingerprint density at radius 2 is 2.33 bits per heavy atom. The zero-order chi connectivity index (χ0) is 16.4. The molecular formula is C16H20ClN3O3S. The molecule has 0 saturated carbocycles. The van der Waals surface area contributed by atoms with E-state index in [0.717, 1.165) is 22.7 Å². The standard InChI is InChI=1S/C16H19N3O3S.ClH/c1-3-21-14-5-10-4-9(2)22-13(10)6-11(14)19-16(20)12-8-23-15(7-17)18-12;/h5-6,8-9H,3-4,7,17H2,1-2H3,(H,19,20);1H. The summed E-state index contributed by atoms with van der Waals surface area (Å²) in [5.74, 6) is 1.15. The van der Waals surface area contributed by atoms with Crippen molar-refractivity contribution in [3.63, 3.8) is 0 Å². The number of fused-ring (bicyclic) bond motifs is 1. The van der Waals surface area contributed by atoms with Gasteiger partial charge in [-0.3, -0.25) is 4.79 Å². The van der Waals surface area contributed by atoms with Gasteiger partial charge in [0, 0.05) is 30.0 Å². The van der Waals surface area contributed by atoms with Crippen LogP contribution in [0.3, 0.4) is 0 Å². The Hall–Kier alpha value is -1.83. The van der Waals surface area contributed by atoms with Crippen molar-refractivity contribution in [2.75, 3.05) is 11.9 Å². The number of hydrogen-bond acceptors (Lipinski definition) is 6. The number of thiazole rings is 1. The summed E-state index contributed by atoms with van der Waals surface area (Å²) in [5, 5.41) is 5.28. The Kier molecular flexibility index (Phi) is 6.04. The van der Waals surface area contributed by atoms with Crippen molar-refractivity contribution in [2.45, 2.75) is 32.9 Å². The van der Waals surface area contributed by atoms with Gasteiger partial charge in [-0.1, -0.05) is 0 Å². The molecule has 1 aromatic carbocycles. The smallest absolute Gasteiger partial charge is 0.275 e. The molecule has 0 fully saturated rings. The van der Waals surface area contributed by atoms with Crippen LogP contribution >= 0.6 is 23.7 Å². The number of aromatic nitrogens is 1. The van der Waals surface area contributed by atoms with Crippen molar-refractivity contribution >= 4 is 35.3 Å². The number of rotatable bonds is 5. The second-order valence-electron chi connectivity index (χ2n) is 5.31. The lowest BCUT2D eigenvalue weighted by Crippen LogP contribution is -2.14. The minimum Gasteiger partial charge on any atom is -0.492 e. The quantitative estimate of drug-likeness (QED) is 0.846. The minimum atomic E-state index is -0.284. The molecule has 0 bridgehead atoms. The fourth-order valence-electron chi connectivity index (χ4n) is 2.51. The zero-order valence-electron chi connectivity index (χ0n) is 13.5. The average Bonchev–Trinajstić information content (AvgIpc) is 3.13. The van der Waals surface area contributed by atoms with Crippen molar-refractivity contribution in [1.29, 1.82) is 0 Å². The fraction of sp³-hybridized carbons (Fsp3) is 0.375. The van der Waals surface area contributed by atoms with E-state index in [1.807, 2.05) is 26.0 Å². The molecule has 2 heterocycles. The first kappa shape index (κ1) is 18.5. The first-order valence-corrected chi connectivity index (χ1v) is 8.40. The molecular weight excluding hydrogens is 350 g/mol. The van der Waals surface area contributed by atoms with Crippen LogP contribution in [0.4, 0.5) is 5.69 Å². The number of halogens is 1. The van der Waals surface area contributed by atoms with E-state index in [4.69, 9.17) is 15.2 Å². The Morgan fingerprint density at radius 1 is 1.54 bits per heavy atom. The molecule has 0 spiro atoms. The number of carbonyl (C=O) groups is 1. The predicted molar refractivity (Wildman–Crippen MR) is 96.6 cm³/mol. The van der Waals surface area contributed by atoms with Crippen molar-refractivity contribution < 1.29 is 14.3 Å². The molecule has 0 radical (unpaired) electrons. The Bertz CT molecular complexity index is 735. The third-order valence-corrected chi connectivity index (χ3v) is 4.38. The molecule has 0 aliphatic carbocycles. The first-order valence-electron chi connectivity index (χ1n) is 7.53. The van der Waals surface area contributed by atoms with Crippen LogP contribution in [-0.4, -0.2) is 23.6 Å². The van der Waals surface area contributed by atoms with E-state index in [2.05, 4.69) is 10.3 Å². The summed E-state index contributed by atoms with van der Waals surface area (Å²) in [7, 11) is 0. The maximum Gasteiger partial charge on any atom is 0.275 e. The van der Waals surface area contributed by atoms with Gasteiger partial charge in [0.1, 0.15) is 28.3 Å². The minimum absolute atomic E-state index is 0. The van der Waals surface area contributed by atoms with Gasteiger partial charge in [-0.2, -0.15) is 0 Å². The average molecular weight is 370 g/mol. The molecule has 2 aromatic rings. The van der Waals surface area contributed by atoms with E-state index in [9.17, 15) is 4.79 Å². The Balaban J connectivity index is 0.00000208. The van der Waals surface area contributed by atoms with E-state index in [0.29, 0.717) is 30.3 Å². The number of nitrogens with two attached hydrogens (primary N) is 1. The lowest BCUT2D eigenvalue weighted by atomic mass is 10.1. The molecule has 6 nitrogen and oxygen atoms in total. The van der Waals surface area contributed by atoms with Gasteiger partial charge >= 0.3 is 0 Å². The normalized spacial score (nSPS) is 15.2. The molecule has 24 heavy (non-hydrogen) atoms. The third kappa shape index (κ3) is 3.80. The first-order chi connectivity index (χ1) is 11.1. The van der Waals surface area contributed by atoms with Gasteiger partial charge in [-0.15, -0.1) is 23.7 Å². The molecule has 1 aromatic heterocycles. The highest BCUT2D eigenvalue weighted by Gasteiger charge is 2.23. The van der Waals surface area contributed by atoms with Gasteiger partial charge in [-0.05, 0) is 19.9 Å². The second-order valence-corrected chi connectivity index (χ2v) is 6.25. The molecule has 3 N–H and O–H groups in total. The second kappa shape index (κ2) is 7.83. The Morgan fingerprint density at radius 3 is 3.00 bits per heavy atom. The number of nitrogens with zero attached hydrogens (tertiary/aromatic N) is 1. The van der Waals surface area contributed by atoms with E-state index in [1.54, 1.807) is 5.38 Å². The summed E-state index contributed by atoms with van der Waals surface area (Å²) in [5.41, 5.74) is 7.57. The number of nitrogens with one attached hydrogen (secondary N) is 1. The van der Waals surface area contributed by atoms with Gasteiger partial charge in [0.05, 0.1) is 12.3 Å². The van der Waals surface area contributed by atoms with Gasteiger partial charge in [0.15, 0.2) is 0 Å². The maximum atomic E-state index is 12.4. The number of benzene rings is 1. The highest BCUT2D eigenvalue weighted by Crippen LogP contribution is 2.38. The molecule has 1 amide bonds. The van der Waals surface area contributed by atoms with Crippen LogP contribution in [0.2, 0.25) is 0 Å². The lowest BCUT2D eigenvalue weighted by Gasteiger charge is -2.13. The highest BCUT2D eigenvalue weighted by atomic mass is 35.5. The number of ether oxygens (including phenoxy) is 2. The molecule has 1 unspecified atom stereocenters. The van der Waals surface area contributed by atoms with Gasteiger partial charge in [-0.25, -0.2) is 4.98 Å². The van der Waals surface area contributed by atoms with Gasteiger partial charge in [0.25, 0.3) is 5.91 Å². The summed E-state index contributed by atoms with van der Waals surface area (Å²) in [4.78, 5) is 16.6. The number of anilines is 1. The van der Waals surface area contributed by atoms with Crippen molar-refractivity contribution in [1.82, 2.24) is 4.98 Å². The molecule has 8 heteroatoms. The molecule has 0 saturated heterocycles. The predicted octanol–water partition coefficient (Wildman–Crippen LogP) is 3.00. The van der Waals surface area contributed by atoms with Crippen LogP contribution in [-0.2, 0) is 13.0 Å². The number of amides is 1.